The second-order valence-corrected chi connectivity index (χ2v) is 10.0. The first kappa shape index (κ1) is 22.3. The van der Waals surface area contributed by atoms with Gasteiger partial charge in [-0.2, -0.15) is 0 Å². The third kappa shape index (κ3) is 3.97. The van der Waals surface area contributed by atoms with E-state index in [1.54, 1.807) is 23.1 Å². The highest BCUT2D eigenvalue weighted by Crippen LogP contribution is 2.46. The van der Waals surface area contributed by atoms with Gasteiger partial charge in [0.05, 0.1) is 18.4 Å². The van der Waals surface area contributed by atoms with E-state index in [0.717, 1.165) is 6.20 Å². The molecule has 0 spiro atoms. The lowest BCUT2D eigenvalue weighted by Gasteiger charge is -2.41. The number of carbonyl (C=O) groups is 2. The monoisotopic (exact) mass is 456 g/mol. The van der Waals surface area contributed by atoms with E-state index in [1.807, 2.05) is 39.0 Å². The Morgan fingerprint density at radius 3 is 2.53 bits per heavy atom. The quantitative estimate of drug-likeness (QED) is 0.736. The van der Waals surface area contributed by atoms with Gasteiger partial charge >= 0.3 is 6.09 Å². The fraction of sp³-hybridized carbons (Fsp3) is 0.391. The van der Waals surface area contributed by atoms with Crippen LogP contribution in [0.5, 0.6) is 0 Å². The molecule has 1 aromatic carbocycles. The Morgan fingerprint density at radius 2 is 1.94 bits per heavy atom. The molecule has 2 amide bonds. The van der Waals surface area contributed by atoms with E-state index in [9.17, 15) is 19.1 Å². The average molecular weight is 457 g/mol. The van der Waals surface area contributed by atoms with E-state index < -0.39 is 23.0 Å². The second-order valence-electron chi connectivity index (χ2n) is 9.03. The van der Waals surface area contributed by atoms with Crippen LogP contribution in [-0.2, 0) is 5.54 Å². The summed E-state index contributed by atoms with van der Waals surface area (Å²) in [6.45, 7) is 6.21. The van der Waals surface area contributed by atoms with Crippen LogP contribution in [0.15, 0.2) is 53.7 Å². The molecule has 4 rings (SSSR count). The maximum absolute atomic E-state index is 13.6. The topological polar surface area (TPSA) is 86.1 Å². The van der Waals surface area contributed by atoms with Crippen LogP contribution in [0, 0.1) is 11.7 Å². The largest absolute Gasteiger partial charge is 0.465 e. The van der Waals surface area contributed by atoms with Crippen molar-refractivity contribution in [2.45, 2.75) is 31.8 Å². The van der Waals surface area contributed by atoms with Gasteiger partial charge in [0.2, 0.25) is 0 Å². The van der Waals surface area contributed by atoms with Crippen LogP contribution < -0.4 is 0 Å². The highest BCUT2D eigenvalue weighted by molar-refractivity contribution is 8.13. The number of fused-ring (bicyclic) bond motifs is 1. The van der Waals surface area contributed by atoms with Crippen LogP contribution in [0.2, 0.25) is 0 Å². The van der Waals surface area contributed by atoms with Gasteiger partial charge in [0.25, 0.3) is 5.91 Å². The molecule has 2 aliphatic rings. The van der Waals surface area contributed by atoms with Crippen LogP contribution in [0.1, 0.15) is 36.8 Å². The van der Waals surface area contributed by atoms with E-state index in [1.165, 1.54) is 22.7 Å². The van der Waals surface area contributed by atoms with Gasteiger partial charge in [-0.05, 0) is 45.0 Å². The molecule has 1 saturated heterocycles. The van der Waals surface area contributed by atoms with Crippen LogP contribution in [0.3, 0.4) is 0 Å². The number of hydrogen-bond acceptors (Lipinski definition) is 5. The molecule has 32 heavy (non-hydrogen) atoms. The number of pyridine rings is 1. The smallest absolute Gasteiger partial charge is 0.407 e. The molecule has 1 fully saturated rings. The van der Waals surface area contributed by atoms with Crippen molar-refractivity contribution in [2.24, 2.45) is 10.9 Å². The van der Waals surface area contributed by atoms with Crippen molar-refractivity contribution in [1.29, 1.82) is 0 Å². The summed E-state index contributed by atoms with van der Waals surface area (Å²) < 4.78 is 13.6. The number of aromatic nitrogens is 1. The summed E-state index contributed by atoms with van der Waals surface area (Å²) in [4.78, 5) is 37.5. The number of carboxylic acid groups (broad SMARTS) is 1. The highest BCUT2D eigenvalue weighted by Gasteiger charge is 2.53. The number of rotatable bonds is 2. The number of aliphatic imine (C=N–C) groups is 1. The van der Waals surface area contributed by atoms with Gasteiger partial charge < -0.3 is 10.0 Å². The third-order valence-electron chi connectivity index (χ3n) is 5.78. The van der Waals surface area contributed by atoms with E-state index in [2.05, 4.69) is 4.98 Å². The Kier molecular flexibility index (Phi) is 5.70. The Hall–Kier alpha value is -2.94. The fourth-order valence-electron chi connectivity index (χ4n) is 4.22. The van der Waals surface area contributed by atoms with Crippen molar-refractivity contribution in [3.8, 4) is 0 Å². The summed E-state index contributed by atoms with van der Waals surface area (Å²) in [6, 6.07) is 11.9. The summed E-state index contributed by atoms with van der Waals surface area (Å²) >= 11 is 1.44. The lowest BCUT2D eigenvalue weighted by atomic mass is 9.85. The molecule has 1 aromatic heterocycles. The normalized spacial score (nSPS) is 22.8. The number of amides is 2. The van der Waals surface area contributed by atoms with Gasteiger partial charge in [-0.15, -0.1) is 0 Å². The van der Waals surface area contributed by atoms with Gasteiger partial charge in [-0.3, -0.25) is 14.7 Å². The predicted molar refractivity (Wildman–Crippen MR) is 121 cm³/mol. The molecule has 1 N–H and O–H groups in total. The molecule has 168 valence electrons. The first-order chi connectivity index (χ1) is 15.1. The summed E-state index contributed by atoms with van der Waals surface area (Å²) in [5, 5.41) is 10.1. The zero-order valence-electron chi connectivity index (χ0n) is 18.2. The van der Waals surface area contributed by atoms with E-state index >= 15 is 0 Å². The number of benzene rings is 1. The minimum atomic E-state index is -1.03. The molecular formula is C23H25FN4O3S. The maximum Gasteiger partial charge on any atom is 0.407 e. The number of carbonyl (C=O) groups excluding carboxylic acids is 1. The first-order valence-electron chi connectivity index (χ1n) is 10.3. The van der Waals surface area contributed by atoms with Crippen molar-refractivity contribution in [3.05, 3.63) is 65.7 Å². The Morgan fingerprint density at radius 1 is 1.22 bits per heavy atom. The molecule has 0 bridgehead atoms. The zero-order valence-corrected chi connectivity index (χ0v) is 19.0. The molecule has 9 heteroatoms. The van der Waals surface area contributed by atoms with Crippen molar-refractivity contribution < 1.29 is 19.1 Å². The second kappa shape index (κ2) is 8.20. The van der Waals surface area contributed by atoms with Crippen LogP contribution in [-0.4, -0.2) is 61.4 Å². The summed E-state index contributed by atoms with van der Waals surface area (Å²) in [5.74, 6) is -0.229. The molecule has 2 aliphatic heterocycles. The van der Waals surface area contributed by atoms with E-state index in [-0.39, 0.29) is 18.4 Å². The Labute approximate surface area is 190 Å². The maximum atomic E-state index is 13.6. The van der Waals surface area contributed by atoms with Crippen molar-refractivity contribution in [2.75, 3.05) is 18.8 Å². The Bertz CT molecular complexity index is 1060. The first-order valence-corrected chi connectivity index (χ1v) is 11.3. The molecule has 0 aliphatic carbocycles. The van der Waals surface area contributed by atoms with Crippen molar-refractivity contribution in [1.82, 2.24) is 14.8 Å². The van der Waals surface area contributed by atoms with Crippen molar-refractivity contribution in [3.63, 3.8) is 0 Å². The van der Waals surface area contributed by atoms with Crippen molar-refractivity contribution >= 4 is 28.9 Å². The predicted octanol–water partition coefficient (Wildman–Crippen LogP) is 4.07. The number of halogens is 1. The minimum Gasteiger partial charge on any atom is -0.465 e. The lowest BCUT2D eigenvalue weighted by Crippen LogP contribution is -2.52. The SMILES string of the molecule is CC(C)(C)N(C(=O)c1ccccc1)C1=N[C@@]2(c3ccc(F)cn3)CN(C(=O)O)C[C@H]2CS1. The minimum absolute atomic E-state index is 0.104. The van der Waals surface area contributed by atoms with Crippen LogP contribution in [0.4, 0.5) is 9.18 Å². The average Bonchev–Trinajstić information content (AvgIpc) is 3.14. The highest BCUT2D eigenvalue weighted by atomic mass is 32.2. The molecule has 2 aromatic rings. The van der Waals surface area contributed by atoms with Gasteiger partial charge in [-0.1, -0.05) is 30.0 Å². The van der Waals surface area contributed by atoms with E-state index in [0.29, 0.717) is 28.7 Å². The van der Waals surface area contributed by atoms with E-state index in [4.69, 9.17) is 4.99 Å². The number of thioether (sulfide) groups is 1. The summed E-state index contributed by atoms with van der Waals surface area (Å²) in [5.41, 5.74) is -0.506. The molecule has 0 unspecified atom stereocenters. The van der Waals surface area contributed by atoms with Crippen LogP contribution >= 0.6 is 11.8 Å². The van der Waals surface area contributed by atoms with Gasteiger partial charge in [0, 0.05) is 29.3 Å². The zero-order chi connectivity index (χ0) is 23.1. The van der Waals surface area contributed by atoms with Gasteiger partial charge in [0.15, 0.2) is 5.17 Å². The van der Waals surface area contributed by atoms with Crippen LogP contribution in [0.25, 0.3) is 0 Å². The lowest BCUT2D eigenvalue weighted by molar-refractivity contribution is 0.0751. The molecule has 7 nitrogen and oxygen atoms in total. The molecular weight excluding hydrogens is 431 g/mol. The third-order valence-corrected chi connectivity index (χ3v) is 6.89. The molecule has 0 saturated carbocycles. The standard InChI is InChI=1S/C23H25FN4O3S/c1-22(2,3)28(19(29)15-7-5-4-6-8-15)20-26-23(18-10-9-17(24)11-25-18)14-27(21(30)31)12-16(23)13-32-20/h4-11,16H,12-14H2,1-3H3,(H,30,31)/t16-,23-/m0/s1. The molecule has 3 heterocycles. The number of nitrogens with zero attached hydrogens (tertiary/aromatic N) is 4. The summed E-state index contributed by atoms with van der Waals surface area (Å²) in [6.07, 6.45) is 0.0914. The Balaban J connectivity index is 1.83. The molecule has 0 radical (unpaired) electrons. The molecule has 2 atom stereocenters. The number of hydrogen-bond donors (Lipinski definition) is 1. The van der Waals surface area contributed by atoms with Gasteiger partial charge in [0.1, 0.15) is 11.4 Å². The van der Waals surface area contributed by atoms with Gasteiger partial charge in [-0.25, -0.2) is 14.2 Å². The number of likely N-dealkylation sites (tertiary alicyclic amines) is 1. The number of amidine groups is 1. The summed E-state index contributed by atoms with van der Waals surface area (Å²) in [7, 11) is 0. The fourth-order valence-corrected chi connectivity index (χ4v) is 5.67.